The molecule has 0 nitrogen and oxygen atoms in total. The lowest BCUT2D eigenvalue weighted by Crippen LogP contribution is -2.29. The van der Waals surface area contributed by atoms with Gasteiger partial charge < -0.3 is 0 Å². The number of hydrogen-bond acceptors (Lipinski definition) is 0. The van der Waals surface area contributed by atoms with Gasteiger partial charge in [-0.05, 0) is 36.3 Å². The Morgan fingerprint density at radius 1 is 1.12 bits per heavy atom. The quantitative estimate of drug-likeness (QED) is 0.680. The van der Waals surface area contributed by atoms with Crippen LogP contribution in [-0.2, 0) is 6.42 Å². The SMILES string of the molecule is Fc1ccccc1CC1(CCl)CCCCC1. The van der Waals surface area contributed by atoms with Gasteiger partial charge in [0, 0.05) is 5.88 Å². The summed E-state index contributed by atoms with van der Waals surface area (Å²) in [6, 6.07) is 7.08. The van der Waals surface area contributed by atoms with Gasteiger partial charge in [0.2, 0.25) is 0 Å². The van der Waals surface area contributed by atoms with E-state index < -0.39 is 0 Å². The van der Waals surface area contributed by atoms with E-state index in [-0.39, 0.29) is 11.2 Å². The maximum absolute atomic E-state index is 13.6. The summed E-state index contributed by atoms with van der Waals surface area (Å²) in [5.41, 5.74) is 0.965. The Kier molecular flexibility index (Phi) is 3.86. The number of benzene rings is 1. The topological polar surface area (TPSA) is 0 Å². The fourth-order valence-corrected chi connectivity index (χ4v) is 3.07. The maximum Gasteiger partial charge on any atom is 0.126 e. The molecule has 0 atom stereocenters. The van der Waals surface area contributed by atoms with E-state index in [0.717, 1.165) is 24.8 Å². The molecule has 16 heavy (non-hydrogen) atoms. The van der Waals surface area contributed by atoms with Crippen LogP contribution in [0.15, 0.2) is 24.3 Å². The van der Waals surface area contributed by atoms with E-state index in [2.05, 4.69) is 0 Å². The first-order valence-electron chi connectivity index (χ1n) is 6.05. The van der Waals surface area contributed by atoms with Gasteiger partial charge in [0.25, 0.3) is 0 Å². The Hall–Kier alpha value is -0.560. The Morgan fingerprint density at radius 2 is 1.81 bits per heavy atom. The van der Waals surface area contributed by atoms with Crippen LogP contribution < -0.4 is 0 Å². The molecule has 1 aliphatic carbocycles. The first-order valence-corrected chi connectivity index (χ1v) is 6.59. The van der Waals surface area contributed by atoms with Crippen molar-refractivity contribution in [3.8, 4) is 0 Å². The fourth-order valence-electron chi connectivity index (χ4n) is 2.71. The summed E-state index contributed by atoms with van der Waals surface area (Å²) >= 11 is 6.12. The van der Waals surface area contributed by atoms with Gasteiger partial charge in [-0.1, -0.05) is 37.5 Å². The normalized spacial score (nSPS) is 19.6. The van der Waals surface area contributed by atoms with Crippen molar-refractivity contribution in [1.29, 1.82) is 0 Å². The molecule has 1 aromatic carbocycles. The smallest absolute Gasteiger partial charge is 0.126 e. The molecule has 0 aliphatic heterocycles. The van der Waals surface area contributed by atoms with E-state index in [1.807, 2.05) is 12.1 Å². The molecular formula is C14H18ClF. The van der Waals surface area contributed by atoms with Crippen LogP contribution in [0.4, 0.5) is 4.39 Å². The van der Waals surface area contributed by atoms with Crippen molar-refractivity contribution in [3.05, 3.63) is 35.6 Å². The first-order chi connectivity index (χ1) is 7.76. The van der Waals surface area contributed by atoms with Crippen molar-refractivity contribution in [2.24, 2.45) is 5.41 Å². The average molecular weight is 241 g/mol. The molecule has 0 bridgehead atoms. The van der Waals surface area contributed by atoms with Gasteiger partial charge >= 0.3 is 0 Å². The van der Waals surface area contributed by atoms with Crippen molar-refractivity contribution in [2.75, 3.05) is 5.88 Å². The third kappa shape index (κ3) is 2.57. The number of alkyl halides is 1. The minimum Gasteiger partial charge on any atom is -0.207 e. The molecule has 0 N–H and O–H groups in total. The molecule has 0 saturated heterocycles. The lowest BCUT2D eigenvalue weighted by Gasteiger charge is -2.35. The van der Waals surface area contributed by atoms with E-state index in [9.17, 15) is 4.39 Å². The lowest BCUT2D eigenvalue weighted by molar-refractivity contribution is 0.217. The van der Waals surface area contributed by atoms with Gasteiger partial charge in [-0.25, -0.2) is 4.39 Å². The molecule has 0 amide bonds. The van der Waals surface area contributed by atoms with Crippen LogP contribution in [-0.4, -0.2) is 5.88 Å². The van der Waals surface area contributed by atoms with Crippen LogP contribution in [0.25, 0.3) is 0 Å². The summed E-state index contributed by atoms with van der Waals surface area (Å²) in [5.74, 6) is 0.569. The van der Waals surface area contributed by atoms with Crippen molar-refractivity contribution >= 4 is 11.6 Å². The second-order valence-corrected chi connectivity index (χ2v) is 5.23. The van der Waals surface area contributed by atoms with Crippen molar-refractivity contribution in [1.82, 2.24) is 0 Å². The minimum atomic E-state index is -0.0856. The highest BCUT2D eigenvalue weighted by molar-refractivity contribution is 6.18. The monoisotopic (exact) mass is 240 g/mol. The van der Waals surface area contributed by atoms with Gasteiger partial charge in [-0.2, -0.15) is 0 Å². The Morgan fingerprint density at radius 3 is 2.44 bits per heavy atom. The lowest BCUT2D eigenvalue weighted by atomic mass is 9.72. The number of hydrogen-bond donors (Lipinski definition) is 0. The van der Waals surface area contributed by atoms with Crippen LogP contribution in [0, 0.1) is 11.2 Å². The zero-order valence-corrected chi connectivity index (χ0v) is 10.3. The molecular weight excluding hydrogens is 223 g/mol. The second kappa shape index (κ2) is 5.18. The van der Waals surface area contributed by atoms with Gasteiger partial charge in [-0.3, -0.25) is 0 Å². The Bertz CT molecular complexity index is 342. The van der Waals surface area contributed by atoms with Crippen LogP contribution in [0.2, 0.25) is 0 Å². The zero-order chi connectivity index (χ0) is 11.4. The molecule has 0 unspecified atom stereocenters. The molecule has 1 saturated carbocycles. The summed E-state index contributed by atoms with van der Waals surface area (Å²) in [7, 11) is 0. The largest absolute Gasteiger partial charge is 0.207 e. The number of halogens is 2. The van der Waals surface area contributed by atoms with Crippen LogP contribution in [0.5, 0.6) is 0 Å². The predicted molar refractivity (Wildman–Crippen MR) is 66.3 cm³/mol. The van der Waals surface area contributed by atoms with Crippen molar-refractivity contribution < 1.29 is 4.39 Å². The van der Waals surface area contributed by atoms with Gasteiger partial charge in [0.1, 0.15) is 5.82 Å². The van der Waals surface area contributed by atoms with Crippen LogP contribution in [0.3, 0.4) is 0 Å². The van der Waals surface area contributed by atoms with Gasteiger partial charge in [-0.15, -0.1) is 11.6 Å². The van der Waals surface area contributed by atoms with Crippen LogP contribution in [0.1, 0.15) is 37.7 Å². The molecule has 1 aromatic rings. The molecule has 0 heterocycles. The molecule has 1 fully saturated rings. The van der Waals surface area contributed by atoms with Crippen LogP contribution >= 0.6 is 11.6 Å². The second-order valence-electron chi connectivity index (χ2n) is 4.96. The summed E-state index contributed by atoms with van der Waals surface area (Å²) in [4.78, 5) is 0. The molecule has 2 heteroatoms. The highest BCUT2D eigenvalue weighted by Crippen LogP contribution is 2.40. The van der Waals surface area contributed by atoms with E-state index >= 15 is 0 Å². The Labute approximate surface area is 102 Å². The van der Waals surface area contributed by atoms with Crippen molar-refractivity contribution in [2.45, 2.75) is 38.5 Å². The van der Waals surface area contributed by atoms with Crippen molar-refractivity contribution in [3.63, 3.8) is 0 Å². The number of rotatable bonds is 3. The predicted octanol–water partition coefficient (Wildman–Crippen LogP) is 4.56. The van der Waals surface area contributed by atoms with Gasteiger partial charge in [0.15, 0.2) is 0 Å². The molecule has 0 aromatic heterocycles. The van der Waals surface area contributed by atoms with E-state index in [1.165, 1.54) is 19.3 Å². The fraction of sp³-hybridized carbons (Fsp3) is 0.571. The zero-order valence-electron chi connectivity index (χ0n) is 9.52. The van der Waals surface area contributed by atoms with E-state index in [4.69, 9.17) is 11.6 Å². The summed E-state index contributed by atoms with van der Waals surface area (Å²) in [5, 5.41) is 0. The molecule has 0 spiro atoms. The average Bonchev–Trinajstić information content (AvgIpc) is 2.33. The minimum absolute atomic E-state index is 0.0856. The van der Waals surface area contributed by atoms with E-state index in [0.29, 0.717) is 5.88 Å². The summed E-state index contributed by atoms with van der Waals surface area (Å²) in [6.07, 6.45) is 6.86. The first kappa shape index (κ1) is 11.9. The van der Waals surface area contributed by atoms with Gasteiger partial charge in [0.05, 0.1) is 0 Å². The van der Waals surface area contributed by atoms with E-state index in [1.54, 1.807) is 12.1 Å². The summed E-state index contributed by atoms with van der Waals surface area (Å²) < 4.78 is 13.6. The third-order valence-electron chi connectivity index (χ3n) is 3.72. The Balaban J connectivity index is 2.15. The molecule has 0 radical (unpaired) electrons. The maximum atomic E-state index is 13.6. The molecule has 2 rings (SSSR count). The highest BCUT2D eigenvalue weighted by Gasteiger charge is 2.31. The standard InChI is InChI=1S/C14H18ClF/c15-11-14(8-4-1-5-9-14)10-12-6-2-3-7-13(12)16/h2-3,6-7H,1,4-5,8-11H2. The molecule has 1 aliphatic rings. The molecule has 88 valence electrons. The third-order valence-corrected chi connectivity index (χ3v) is 4.29. The highest BCUT2D eigenvalue weighted by atomic mass is 35.5. The summed E-state index contributed by atoms with van der Waals surface area (Å²) in [6.45, 7) is 0.